The van der Waals surface area contributed by atoms with Crippen LogP contribution in [0.25, 0.3) is 0 Å². The second-order valence-electron chi connectivity index (χ2n) is 5.83. The maximum Gasteiger partial charge on any atom is 0.226 e. The summed E-state index contributed by atoms with van der Waals surface area (Å²) in [6, 6.07) is -0.145. The molecule has 1 aromatic rings. The van der Waals surface area contributed by atoms with Crippen LogP contribution in [0.3, 0.4) is 0 Å². The molecular formula is C14H24N4O2. The largest absolute Gasteiger partial charge is 0.378 e. The maximum atomic E-state index is 6.16. The topological polar surface area (TPSA) is 77.4 Å². The van der Waals surface area contributed by atoms with Gasteiger partial charge in [0.15, 0.2) is 5.82 Å². The first-order valence-electron chi connectivity index (χ1n) is 7.73. The molecule has 6 heteroatoms. The maximum absolute atomic E-state index is 6.16. The standard InChI is InChI=1S/C14H24N4O2/c15-12(10-18-7-1-2-8-18)14-16-13(20-17-14)6-5-11-4-3-9-19-11/h11-12H,1-10,15H2. The zero-order valence-electron chi connectivity index (χ0n) is 12.0. The first kappa shape index (κ1) is 14.0. The van der Waals surface area contributed by atoms with Gasteiger partial charge in [-0.1, -0.05) is 5.16 Å². The predicted molar refractivity (Wildman–Crippen MR) is 74.2 cm³/mol. The summed E-state index contributed by atoms with van der Waals surface area (Å²) in [6.07, 6.45) is 6.97. The number of aromatic nitrogens is 2. The molecule has 2 saturated heterocycles. The van der Waals surface area contributed by atoms with Crippen LogP contribution in [-0.4, -0.2) is 47.4 Å². The molecule has 0 aromatic carbocycles. The van der Waals surface area contributed by atoms with Gasteiger partial charge in [0.2, 0.25) is 5.89 Å². The van der Waals surface area contributed by atoms with Crippen molar-refractivity contribution in [1.29, 1.82) is 0 Å². The fraction of sp³-hybridized carbons (Fsp3) is 0.857. The summed E-state index contributed by atoms with van der Waals surface area (Å²) in [7, 11) is 0. The van der Waals surface area contributed by atoms with Gasteiger partial charge in [0.05, 0.1) is 12.1 Å². The molecule has 0 radical (unpaired) electrons. The average molecular weight is 280 g/mol. The average Bonchev–Trinajstić information content (AvgIpc) is 3.19. The summed E-state index contributed by atoms with van der Waals surface area (Å²) < 4.78 is 10.9. The Balaban J connectivity index is 1.47. The normalized spacial score (nSPS) is 25.4. The van der Waals surface area contributed by atoms with Crippen molar-refractivity contribution in [2.24, 2.45) is 5.73 Å². The van der Waals surface area contributed by atoms with Gasteiger partial charge in [-0.15, -0.1) is 0 Å². The molecular weight excluding hydrogens is 256 g/mol. The molecule has 112 valence electrons. The van der Waals surface area contributed by atoms with Crippen LogP contribution in [0.1, 0.15) is 49.9 Å². The highest BCUT2D eigenvalue weighted by atomic mass is 16.5. The van der Waals surface area contributed by atoms with E-state index in [4.69, 9.17) is 15.0 Å². The third-order valence-corrected chi connectivity index (χ3v) is 4.17. The minimum absolute atomic E-state index is 0.145. The Kier molecular flexibility index (Phi) is 4.65. The lowest BCUT2D eigenvalue weighted by Gasteiger charge is -2.17. The van der Waals surface area contributed by atoms with Crippen LogP contribution in [0, 0.1) is 0 Å². The van der Waals surface area contributed by atoms with Crippen LogP contribution < -0.4 is 5.73 Å². The SMILES string of the molecule is NC(CN1CCCC1)c1noc(CCC2CCCO2)n1. The lowest BCUT2D eigenvalue weighted by atomic mass is 10.1. The molecule has 6 nitrogen and oxygen atoms in total. The minimum Gasteiger partial charge on any atom is -0.378 e. The monoisotopic (exact) mass is 280 g/mol. The van der Waals surface area contributed by atoms with Crippen molar-refractivity contribution in [3.05, 3.63) is 11.7 Å². The summed E-state index contributed by atoms with van der Waals surface area (Å²) in [4.78, 5) is 6.80. The molecule has 2 aliphatic rings. The van der Waals surface area contributed by atoms with Crippen molar-refractivity contribution >= 4 is 0 Å². The number of nitrogens with zero attached hydrogens (tertiary/aromatic N) is 3. The Hall–Kier alpha value is -0.980. The first-order chi connectivity index (χ1) is 9.81. The Labute approximate surface area is 119 Å². The predicted octanol–water partition coefficient (Wildman–Crippen LogP) is 1.28. The molecule has 0 amide bonds. The van der Waals surface area contributed by atoms with Crippen LogP contribution in [0.2, 0.25) is 0 Å². The van der Waals surface area contributed by atoms with E-state index in [1.54, 1.807) is 0 Å². The lowest BCUT2D eigenvalue weighted by Crippen LogP contribution is -2.30. The van der Waals surface area contributed by atoms with Crippen LogP contribution in [0.15, 0.2) is 4.52 Å². The molecule has 0 bridgehead atoms. The number of rotatable bonds is 6. The van der Waals surface area contributed by atoms with Gasteiger partial charge in [0.1, 0.15) is 0 Å². The highest BCUT2D eigenvalue weighted by Crippen LogP contribution is 2.18. The van der Waals surface area contributed by atoms with E-state index in [1.807, 2.05) is 0 Å². The molecule has 3 heterocycles. The van der Waals surface area contributed by atoms with Crippen molar-refractivity contribution < 1.29 is 9.26 Å². The summed E-state index contributed by atoms with van der Waals surface area (Å²) >= 11 is 0. The van der Waals surface area contributed by atoms with E-state index in [0.29, 0.717) is 17.8 Å². The summed E-state index contributed by atoms with van der Waals surface area (Å²) in [5, 5.41) is 4.02. The second kappa shape index (κ2) is 6.65. The second-order valence-corrected chi connectivity index (χ2v) is 5.83. The Morgan fingerprint density at radius 2 is 2.15 bits per heavy atom. The van der Waals surface area contributed by atoms with Crippen LogP contribution >= 0.6 is 0 Å². The fourth-order valence-electron chi connectivity index (χ4n) is 3.00. The molecule has 2 unspecified atom stereocenters. The zero-order chi connectivity index (χ0) is 13.8. The van der Waals surface area contributed by atoms with Gasteiger partial charge in [-0.3, -0.25) is 0 Å². The number of ether oxygens (including phenoxy) is 1. The van der Waals surface area contributed by atoms with Crippen molar-refractivity contribution in [2.75, 3.05) is 26.2 Å². The van der Waals surface area contributed by atoms with Crippen LogP contribution in [-0.2, 0) is 11.2 Å². The number of nitrogens with two attached hydrogens (primary N) is 1. The fourth-order valence-corrected chi connectivity index (χ4v) is 3.00. The molecule has 2 fully saturated rings. The van der Waals surface area contributed by atoms with Gasteiger partial charge in [-0.05, 0) is 45.2 Å². The molecule has 0 aliphatic carbocycles. The van der Waals surface area contributed by atoms with Crippen molar-refractivity contribution in [2.45, 2.75) is 50.7 Å². The molecule has 2 aliphatic heterocycles. The molecule has 3 rings (SSSR count). The van der Waals surface area contributed by atoms with E-state index in [1.165, 1.54) is 19.3 Å². The van der Waals surface area contributed by atoms with Crippen molar-refractivity contribution in [3.63, 3.8) is 0 Å². The zero-order valence-corrected chi connectivity index (χ0v) is 12.0. The van der Waals surface area contributed by atoms with Crippen molar-refractivity contribution in [3.8, 4) is 0 Å². The van der Waals surface area contributed by atoms with E-state index in [0.717, 1.165) is 45.5 Å². The third kappa shape index (κ3) is 3.56. The molecule has 0 spiro atoms. The smallest absolute Gasteiger partial charge is 0.226 e. The number of likely N-dealkylation sites (tertiary alicyclic amines) is 1. The van der Waals surface area contributed by atoms with Gasteiger partial charge in [-0.2, -0.15) is 4.98 Å². The van der Waals surface area contributed by atoms with Crippen molar-refractivity contribution in [1.82, 2.24) is 15.0 Å². The minimum atomic E-state index is -0.145. The summed E-state index contributed by atoms with van der Waals surface area (Å²) in [5.41, 5.74) is 6.16. The van der Waals surface area contributed by atoms with Gasteiger partial charge in [0.25, 0.3) is 0 Å². The van der Waals surface area contributed by atoms with Gasteiger partial charge >= 0.3 is 0 Å². The van der Waals surface area contributed by atoms with Gasteiger partial charge in [-0.25, -0.2) is 0 Å². The number of aryl methyl sites for hydroxylation is 1. The highest BCUT2D eigenvalue weighted by Gasteiger charge is 2.21. The molecule has 1 aromatic heterocycles. The lowest BCUT2D eigenvalue weighted by molar-refractivity contribution is 0.102. The molecule has 20 heavy (non-hydrogen) atoms. The van der Waals surface area contributed by atoms with Gasteiger partial charge < -0.3 is 19.9 Å². The van der Waals surface area contributed by atoms with Gasteiger partial charge in [0, 0.05) is 19.6 Å². The summed E-state index contributed by atoms with van der Waals surface area (Å²) in [5.74, 6) is 1.33. The van der Waals surface area contributed by atoms with Crippen LogP contribution in [0.4, 0.5) is 0 Å². The third-order valence-electron chi connectivity index (χ3n) is 4.17. The highest BCUT2D eigenvalue weighted by molar-refractivity contribution is 4.95. The Morgan fingerprint density at radius 3 is 2.90 bits per heavy atom. The molecule has 0 saturated carbocycles. The van der Waals surface area contributed by atoms with E-state index in [-0.39, 0.29) is 6.04 Å². The van der Waals surface area contributed by atoms with Crippen LogP contribution in [0.5, 0.6) is 0 Å². The van der Waals surface area contributed by atoms with E-state index < -0.39 is 0 Å². The first-order valence-corrected chi connectivity index (χ1v) is 7.73. The Morgan fingerprint density at radius 1 is 1.30 bits per heavy atom. The van der Waals surface area contributed by atoms with E-state index >= 15 is 0 Å². The number of hydrogen-bond donors (Lipinski definition) is 1. The van der Waals surface area contributed by atoms with E-state index in [9.17, 15) is 0 Å². The number of hydrogen-bond acceptors (Lipinski definition) is 6. The molecule has 2 N–H and O–H groups in total. The summed E-state index contributed by atoms with van der Waals surface area (Å²) in [6.45, 7) is 3.99. The molecule has 2 atom stereocenters. The Bertz CT molecular complexity index is 411. The van der Waals surface area contributed by atoms with E-state index in [2.05, 4.69) is 15.0 Å². The quantitative estimate of drug-likeness (QED) is 0.845.